The zero-order chi connectivity index (χ0) is 44.6. The molecule has 3 saturated carbocycles. The molecule has 2 aromatic rings. The predicted molar refractivity (Wildman–Crippen MR) is 235 cm³/mol. The summed E-state index contributed by atoms with van der Waals surface area (Å²) < 4.78 is 12.9. The van der Waals surface area contributed by atoms with Crippen molar-refractivity contribution in [1.29, 1.82) is 0 Å². The first-order valence-electron chi connectivity index (χ1n) is 22.1. The number of aryl methyl sites for hydroxylation is 1. The quantitative estimate of drug-likeness (QED) is 0.0676. The molecule has 0 aromatic heterocycles. The number of nitrogens with two attached hydrogens (primary N) is 2. The van der Waals surface area contributed by atoms with Crippen molar-refractivity contribution in [3.05, 3.63) is 59.7 Å². The van der Waals surface area contributed by atoms with E-state index in [4.69, 9.17) is 20.8 Å². The summed E-state index contributed by atoms with van der Waals surface area (Å²) in [6.45, 7) is 13.5. The van der Waals surface area contributed by atoms with Crippen LogP contribution in [0.3, 0.4) is 0 Å². The Morgan fingerprint density at radius 2 is 1.43 bits per heavy atom. The van der Waals surface area contributed by atoms with Crippen molar-refractivity contribution in [2.24, 2.45) is 28.7 Å². The molecule has 334 valence electrons. The monoisotopic (exact) mass is 846 g/mol. The van der Waals surface area contributed by atoms with E-state index < -0.39 is 78.5 Å². The van der Waals surface area contributed by atoms with Crippen LogP contribution in [0.2, 0.25) is 0 Å². The maximum Gasteiger partial charge on any atom is 0.481 e. The van der Waals surface area contributed by atoms with Gasteiger partial charge in [-0.05, 0) is 125 Å². The Bertz CT molecular complexity index is 1850. The summed E-state index contributed by atoms with van der Waals surface area (Å²) >= 11 is 0. The van der Waals surface area contributed by atoms with E-state index in [2.05, 4.69) is 66.4 Å². The Morgan fingerprint density at radius 3 is 2.02 bits per heavy atom. The van der Waals surface area contributed by atoms with Gasteiger partial charge in [0.15, 0.2) is 0 Å². The molecule has 4 fully saturated rings. The number of hydrogen-bond donors (Lipinski definition) is 8. The van der Waals surface area contributed by atoms with Gasteiger partial charge in [-0.3, -0.25) is 24.0 Å². The van der Waals surface area contributed by atoms with Gasteiger partial charge in [-0.1, -0.05) is 63.6 Å². The fourth-order valence-corrected chi connectivity index (χ4v) is 9.13. The smallest absolute Gasteiger partial charge is 0.404 e. The van der Waals surface area contributed by atoms with Crippen molar-refractivity contribution in [3.63, 3.8) is 0 Å². The molecule has 0 radical (unpaired) electrons. The number of carbonyl (C=O) groups excluding carboxylic acids is 5. The average Bonchev–Trinajstić information content (AvgIpc) is 3.61. The second kappa shape index (κ2) is 20.7. The number of carbonyl (C=O) groups is 5. The summed E-state index contributed by atoms with van der Waals surface area (Å²) in [6, 6.07) is 10.4. The van der Waals surface area contributed by atoms with Crippen LogP contribution in [0.5, 0.6) is 0 Å². The van der Waals surface area contributed by atoms with Crippen LogP contribution in [0.15, 0.2) is 48.5 Å². The molecule has 10 N–H and O–H groups in total. The van der Waals surface area contributed by atoms with Crippen molar-refractivity contribution in [2.75, 3.05) is 13.1 Å². The largest absolute Gasteiger partial charge is 0.481 e. The maximum absolute atomic E-state index is 13.7. The molecule has 1 unspecified atom stereocenters. The van der Waals surface area contributed by atoms with Gasteiger partial charge in [0.1, 0.15) is 24.2 Å². The number of unbranched alkanes of at least 4 members (excludes halogenated alkanes) is 2. The molecule has 2 aromatic carbocycles. The van der Waals surface area contributed by atoms with Crippen molar-refractivity contribution in [2.45, 2.75) is 148 Å². The van der Waals surface area contributed by atoms with Gasteiger partial charge < -0.3 is 52.5 Å². The second-order valence-electron chi connectivity index (χ2n) is 18.1. The number of amides is 5. The van der Waals surface area contributed by atoms with Crippen LogP contribution in [0.4, 0.5) is 0 Å². The van der Waals surface area contributed by atoms with E-state index in [0.717, 1.165) is 43.2 Å². The zero-order valence-electron chi connectivity index (χ0n) is 36.9. The van der Waals surface area contributed by atoms with Gasteiger partial charge in [0, 0.05) is 12.1 Å². The van der Waals surface area contributed by atoms with E-state index in [1.165, 1.54) is 19.4 Å². The second-order valence-corrected chi connectivity index (χ2v) is 18.1. The van der Waals surface area contributed by atoms with Gasteiger partial charge in [0.25, 0.3) is 5.91 Å². The van der Waals surface area contributed by atoms with Gasteiger partial charge in [0.05, 0.1) is 23.8 Å². The molecule has 61 heavy (non-hydrogen) atoms. The van der Waals surface area contributed by atoms with E-state index in [-0.39, 0.29) is 18.1 Å². The molecule has 10 atom stereocenters. The van der Waals surface area contributed by atoms with Crippen LogP contribution in [0.1, 0.15) is 109 Å². The first-order valence-corrected chi connectivity index (χ1v) is 22.1. The summed E-state index contributed by atoms with van der Waals surface area (Å²) in [5.74, 6) is -2.86. The van der Waals surface area contributed by atoms with Crippen molar-refractivity contribution < 1.29 is 38.4 Å². The van der Waals surface area contributed by atoms with Crippen LogP contribution in [-0.2, 0) is 34.9 Å². The Morgan fingerprint density at radius 1 is 0.787 bits per heavy atom. The maximum atomic E-state index is 13.7. The van der Waals surface area contributed by atoms with Crippen LogP contribution in [-0.4, -0.2) is 103 Å². The van der Waals surface area contributed by atoms with Crippen molar-refractivity contribution in [3.8, 4) is 11.1 Å². The van der Waals surface area contributed by atoms with Crippen LogP contribution < -0.4 is 38.1 Å². The normalized spacial score (nSPS) is 24.1. The lowest BCUT2D eigenvalue weighted by Crippen LogP contribution is -2.65. The minimum atomic E-state index is -1.50. The molecule has 5 amide bonds. The third-order valence-corrected chi connectivity index (χ3v) is 13.3. The highest BCUT2D eigenvalue weighted by Gasteiger charge is 2.68. The Kier molecular flexibility index (Phi) is 16.2. The summed E-state index contributed by atoms with van der Waals surface area (Å²) in [7, 11) is -0.650. The molecule has 1 aliphatic heterocycles. The van der Waals surface area contributed by atoms with Crippen LogP contribution in [0, 0.1) is 17.3 Å². The number of aliphatic hydroxyl groups is 1. The number of hydrogen-bond acceptors (Lipinski definition) is 10. The molecule has 1 saturated heterocycles. The fraction of sp³-hybridized carbons (Fsp3) is 0.622. The van der Waals surface area contributed by atoms with Gasteiger partial charge in [0.2, 0.25) is 23.6 Å². The summed E-state index contributed by atoms with van der Waals surface area (Å²) in [6.07, 6.45) is 5.34. The fourth-order valence-electron chi connectivity index (χ4n) is 9.13. The lowest BCUT2D eigenvalue weighted by Gasteiger charge is -2.64. The van der Waals surface area contributed by atoms with Gasteiger partial charge in [-0.25, -0.2) is 0 Å². The molecular weight excluding hydrogens is 777 g/mol. The molecule has 16 heteroatoms. The highest BCUT2D eigenvalue weighted by atomic mass is 16.7. The van der Waals surface area contributed by atoms with Gasteiger partial charge in [-0.2, -0.15) is 0 Å². The Hall–Kier alpha value is -4.35. The number of nitrogens with one attached hydrogen (secondary N) is 5. The van der Waals surface area contributed by atoms with E-state index in [9.17, 15) is 29.1 Å². The lowest BCUT2D eigenvalue weighted by atomic mass is 9.43. The minimum absolute atomic E-state index is 0.0548. The SMILES string of the molecule is CCCCc1ccc(-c2ccc(C(=O)N[C@@H](CN)C(=O)N[C@H](C(=O)N[C@@H](C)C(=O)N[C@@H](CCCCN)C(=O)N[C@@H](C)B3OC4C[C@@H]5C[C@@H](C5(C)C)[C@]4(C)O3)[C@@H](C)O)cc2)cc1. The van der Waals surface area contributed by atoms with Gasteiger partial charge in [-0.15, -0.1) is 0 Å². The molecule has 2 bridgehead atoms. The predicted octanol–water partition coefficient (Wildman–Crippen LogP) is 2.51. The van der Waals surface area contributed by atoms with E-state index in [1.54, 1.807) is 12.1 Å². The highest BCUT2D eigenvalue weighted by molar-refractivity contribution is 6.47. The van der Waals surface area contributed by atoms with E-state index in [1.807, 2.05) is 31.2 Å². The number of aliphatic hydroxyl groups excluding tert-OH is 1. The standard InChI is InChI=1S/C45H68BN7O8/c1-8-9-12-29-14-16-30(17-15-29)31-18-20-32(21-19-31)40(56)52-35(25-48)42(58)53-38(27(3)54)43(59)49-26(2)39(55)51-34(13-10-11-22-47)41(57)50-28(4)46-60-37-24-33-23-36(44(33,5)6)45(37,7)61-46/h14-21,26-28,33-38,54H,8-13,22-25,47-48H2,1-7H3,(H,49,59)(H,50,57)(H,51,55)(H,52,56)(H,53,58)/t26-,27+,28-,33-,34-,35-,36-,37?,38-,45-/m0/s1. The topological polar surface area (TPSA) is 236 Å². The molecule has 6 rings (SSSR count). The molecule has 15 nitrogen and oxygen atoms in total. The van der Waals surface area contributed by atoms with Crippen molar-refractivity contribution >= 4 is 36.7 Å². The summed E-state index contributed by atoms with van der Waals surface area (Å²) in [5, 5.41) is 23.9. The van der Waals surface area contributed by atoms with Crippen molar-refractivity contribution in [1.82, 2.24) is 26.6 Å². The Balaban J connectivity index is 1.13. The van der Waals surface area contributed by atoms with E-state index in [0.29, 0.717) is 43.2 Å². The molecule has 3 aliphatic carbocycles. The van der Waals surface area contributed by atoms with E-state index >= 15 is 0 Å². The lowest BCUT2D eigenvalue weighted by molar-refractivity contribution is -0.199. The molecular formula is C45H68BN7O8. The van der Waals surface area contributed by atoms with Crippen LogP contribution >= 0.6 is 0 Å². The third kappa shape index (κ3) is 11.2. The Labute approximate surface area is 361 Å². The first kappa shape index (κ1) is 47.7. The molecule has 1 heterocycles. The van der Waals surface area contributed by atoms with Gasteiger partial charge >= 0.3 is 7.12 Å². The first-order chi connectivity index (χ1) is 28.9. The third-order valence-electron chi connectivity index (χ3n) is 13.3. The summed E-state index contributed by atoms with van der Waals surface area (Å²) in [5.41, 5.74) is 14.8. The highest BCUT2D eigenvalue weighted by Crippen LogP contribution is 2.65. The summed E-state index contributed by atoms with van der Waals surface area (Å²) in [4.78, 5) is 67.0. The number of rotatable bonds is 21. The number of benzene rings is 2. The minimum Gasteiger partial charge on any atom is -0.404 e. The molecule has 4 aliphatic rings. The zero-order valence-corrected chi connectivity index (χ0v) is 36.9. The van der Waals surface area contributed by atoms with Crippen LogP contribution in [0.25, 0.3) is 11.1 Å². The average molecular weight is 846 g/mol. The molecule has 0 spiro atoms.